The first-order chi connectivity index (χ1) is 12.0. The maximum atomic E-state index is 14.2. The summed E-state index contributed by atoms with van der Waals surface area (Å²) in [7, 11) is 0. The average Bonchev–Trinajstić information content (AvgIpc) is 2.52. The largest absolute Gasteiger partial charge is 0.408 e. The van der Waals surface area contributed by atoms with Crippen LogP contribution in [0.1, 0.15) is 32.5 Å². The van der Waals surface area contributed by atoms with Crippen molar-refractivity contribution in [1.29, 1.82) is 0 Å². The normalized spacial score (nSPS) is 21.5. The van der Waals surface area contributed by atoms with Gasteiger partial charge in [0.25, 0.3) is 5.92 Å². The lowest BCUT2D eigenvalue weighted by atomic mass is 9.92. The highest BCUT2D eigenvalue weighted by atomic mass is 19.4. The van der Waals surface area contributed by atoms with Crippen molar-refractivity contribution >= 4 is 17.5 Å². The van der Waals surface area contributed by atoms with E-state index in [9.17, 15) is 31.4 Å². The van der Waals surface area contributed by atoms with Crippen LogP contribution >= 0.6 is 0 Å². The Bertz CT molecular complexity index is 693. The highest BCUT2D eigenvalue weighted by Gasteiger charge is 2.46. The molecule has 6 nitrogen and oxygen atoms in total. The van der Waals surface area contributed by atoms with E-state index in [2.05, 4.69) is 20.3 Å². The molecule has 0 fully saturated rings. The second kappa shape index (κ2) is 7.25. The van der Waals surface area contributed by atoms with Gasteiger partial charge in [0, 0.05) is 18.5 Å². The smallest absolute Gasteiger partial charge is 0.380 e. The number of allylic oxidation sites excluding steroid dienone is 1. The Morgan fingerprint density at radius 1 is 1.23 bits per heavy atom. The van der Waals surface area contributed by atoms with E-state index in [-0.39, 0.29) is 5.95 Å². The maximum absolute atomic E-state index is 14.2. The van der Waals surface area contributed by atoms with Crippen LogP contribution < -0.4 is 10.6 Å². The van der Waals surface area contributed by atoms with E-state index in [1.807, 2.05) is 5.32 Å². The zero-order valence-corrected chi connectivity index (χ0v) is 13.8. The molecule has 1 aromatic heterocycles. The van der Waals surface area contributed by atoms with E-state index in [0.717, 1.165) is 6.92 Å². The van der Waals surface area contributed by atoms with E-state index >= 15 is 0 Å². The number of aliphatic hydroxyl groups is 1. The lowest BCUT2D eigenvalue weighted by Gasteiger charge is -2.27. The van der Waals surface area contributed by atoms with Crippen molar-refractivity contribution in [3.63, 3.8) is 0 Å². The van der Waals surface area contributed by atoms with Crippen molar-refractivity contribution in [3.05, 3.63) is 11.7 Å². The Labute approximate surface area is 144 Å². The Kier molecular flexibility index (Phi) is 5.64. The van der Waals surface area contributed by atoms with Gasteiger partial charge in [0.1, 0.15) is 11.9 Å². The molecule has 146 valence electrons. The van der Waals surface area contributed by atoms with Crippen molar-refractivity contribution in [2.75, 3.05) is 17.2 Å². The minimum absolute atomic E-state index is 0.151. The van der Waals surface area contributed by atoms with Crippen LogP contribution in [0, 0.1) is 0 Å². The fourth-order valence-electron chi connectivity index (χ4n) is 2.20. The van der Waals surface area contributed by atoms with Crippen molar-refractivity contribution in [2.45, 2.75) is 50.9 Å². The third kappa shape index (κ3) is 4.34. The van der Waals surface area contributed by atoms with Gasteiger partial charge in [0.15, 0.2) is 11.9 Å². The molecule has 0 bridgehead atoms. The molecule has 0 radical (unpaired) electrons. The summed E-state index contributed by atoms with van der Waals surface area (Å²) in [6.45, 7) is 2.81. The SMILES string of the molecule is CCNc1nc(N[C@@H](C)C(F)(F)F)nc(C2=C(F)C(O)C(F)(F)CC2)n1. The van der Waals surface area contributed by atoms with E-state index in [1.54, 1.807) is 6.92 Å². The molecule has 12 heteroatoms. The van der Waals surface area contributed by atoms with Crippen molar-refractivity contribution < 1.29 is 31.4 Å². The topological polar surface area (TPSA) is 83.0 Å². The fraction of sp³-hybridized carbons (Fsp3) is 0.643. The predicted molar refractivity (Wildman–Crippen MR) is 81.3 cm³/mol. The molecule has 0 aliphatic heterocycles. The molecule has 0 saturated carbocycles. The number of nitrogens with one attached hydrogen (secondary N) is 2. The van der Waals surface area contributed by atoms with Crippen LogP contribution in [0.5, 0.6) is 0 Å². The highest BCUT2D eigenvalue weighted by Crippen LogP contribution is 2.41. The molecular formula is C14H17F6N5O. The number of aromatic nitrogens is 3. The lowest BCUT2D eigenvalue weighted by Crippen LogP contribution is -2.37. The molecule has 0 saturated heterocycles. The van der Waals surface area contributed by atoms with Gasteiger partial charge in [-0.25, -0.2) is 13.2 Å². The predicted octanol–water partition coefficient (Wildman–Crippen LogP) is 3.14. The third-order valence-electron chi connectivity index (χ3n) is 3.71. The Hall–Kier alpha value is -2.11. The number of halogens is 6. The second-order valence-corrected chi connectivity index (χ2v) is 5.73. The Morgan fingerprint density at radius 2 is 1.85 bits per heavy atom. The molecule has 1 heterocycles. The molecule has 0 aromatic carbocycles. The standard InChI is InChI=1S/C14H17F6N5O/c1-3-21-11-23-10(7-4-5-13(16,17)9(26)8(7)15)24-12(25-11)22-6(2)14(18,19)20/h6,9,26H,3-5H2,1-2H3,(H2,21,22,23,24,25)/t6-,9?/m0/s1. The molecule has 0 spiro atoms. The minimum Gasteiger partial charge on any atom is -0.380 e. The van der Waals surface area contributed by atoms with Gasteiger partial charge in [-0.3, -0.25) is 0 Å². The average molecular weight is 385 g/mol. The van der Waals surface area contributed by atoms with Gasteiger partial charge in [0.2, 0.25) is 11.9 Å². The summed E-state index contributed by atoms with van der Waals surface area (Å²) in [4.78, 5) is 11.3. The van der Waals surface area contributed by atoms with Gasteiger partial charge in [0.05, 0.1) is 0 Å². The van der Waals surface area contributed by atoms with Crippen LogP contribution in [-0.4, -0.2) is 50.8 Å². The Balaban J connectivity index is 2.44. The summed E-state index contributed by atoms with van der Waals surface area (Å²) >= 11 is 0. The van der Waals surface area contributed by atoms with Crippen molar-refractivity contribution in [2.24, 2.45) is 0 Å². The first kappa shape index (κ1) is 20.2. The summed E-state index contributed by atoms with van der Waals surface area (Å²) in [5.41, 5.74) is -0.396. The van der Waals surface area contributed by atoms with Crippen LogP contribution in [0.15, 0.2) is 5.83 Å². The fourth-order valence-corrected chi connectivity index (χ4v) is 2.20. The van der Waals surface area contributed by atoms with E-state index < -0.39 is 60.3 Å². The quantitative estimate of drug-likeness (QED) is 0.676. The molecule has 1 unspecified atom stereocenters. The summed E-state index contributed by atoms with van der Waals surface area (Å²) in [5.74, 6) is -6.22. The van der Waals surface area contributed by atoms with Crippen LogP contribution in [0.2, 0.25) is 0 Å². The van der Waals surface area contributed by atoms with Crippen molar-refractivity contribution in [3.8, 4) is 0 Å². The lowest BCUT2D eigenvalue weighted by molar-refractivity contribution is -0.138. The molecule has 1 aliphatic rings. The second-order valence-electron chi connectivity index (χ2n) is 5.73. The molecule has 1 aliphatic carbocycles. The van der Waals surface area contributed by atoms with Gasteiger partial charge in [-0.1, -0.05) is 0 Å². The number of rotatable bonds is 5. The summed E-state index contributed by atoms with van der Waals surface area (Å²) in [6, 6.07) is -2.01. The Morgan fingerprint density at radius 3 is 2.42 bits per heavy atom. The molecular weight excluding hydrogens is 368 g/mol. The molecule has 0 amide bonds. The van der Waals surface area contributed by atoms with Gasteiger partial charge in [-0.05, 0) is 20.3 Å². The van der Waals surface area contributed by atoms with Crippen LogP contribution in [0.25, 0.3) is 5.57 Å². The highest BCUT2D eigenvalue weighted by molar-refractivity contribution is 5.66. The van der Waals surface area contributed by atoms with Crippen LogP contribution in [0.3, 0.4) is 0 Å². The molecule has 2 atom stereocenters. The van der Waals surface area contributed by atoms with Crippen LogP contribution in [-0.2, 0) is 0 Å². The number of aliphatic hydroxyl groups excluding tert-OH is 1. The van der Waals surface area contributed by atoms with E-state index in [4.69, 9.17) is 0 Å². The third-order valence-corrected chi connectivity index (χ3v) is 3.71. The zero-order chi connectivity index (χ0) is 19.7. The zero-order valence-electron chi connectivity index (χ0n) is 13.8. The first-order valence-corrected chi connectivity index (χ1v) is 7.73. The van der Waals surface area contributed by atoms with Crippen LogP contribution in [0.4, 0.5) is 38.2 Å². The summed E-state index contributed by atoms with van der Waals surface area (Å²) in [6.07, 6.45) is -8.57. The van der Waals surface area contributed by atoms with Gasteiger partial charge in [-0.2, -0.15) is 28.1 Å². The molecule has 26 heavy (non-hydrogen) atoms. The van der Waals surface area contributed by atoms with E-state index in [0.29, 0.717) is 6.54 Å². The summed E-state index contributed by atoms with van der Waals surface area (Å²) < 4.78 is 79.0. The maximum Gasteiger partial charge on any atom is 0.408 e. The number of anilines is 2. The van der Waals surface area contributed by atoms with E-state index in [1.165, 1.54) is 0 Å². The van der Waals surface area contributed by atoms with Crippen molar-refractivity contribution in [1.82, 2.24) is 15.0 Å². The summed E-state index contributed by atoms with van der Waals surface area (Å²) in [5, 5.41) is 14.1. The molecule has 2 rings (SSSR count). The molecule has 1 aromatic rings. The number of hydrogen-bond donors (Lipinski definition) is 3. The van der Waals surface area contributed by atoms with Gasteiger partial charge >= 0.3 is 6.18 Å². The minimum atomic E-state index is -4.58. The first-order valence-electron chi connectivity index (χ1n) is 7.73. The number of alkyl halides is 5. The van der Waals surface area contributed by atoms with Gasteiger partial charge in [-0.15, -0.1) is 0 Å². The number of nitrogens with zero attached hydrogens (tertiary/aromatic N) is 3. The monoisotopic (exact) mass is 385 g/mol. The molecule has 3 N–H and O–H groups in total. The van der Waals surface area contributed by atoms with Gasteiger partial charge < -0.3 is 15.7 Å². The number of hydrogen-bond acceptors (Lipinski definition) is 6.